The zero-order chi connectivity index (χ0) is 21.6. The van der Waals surface area contributed by atoms with Crippen molar-refractivity contribution >= 4 is 22.9 Å². The first-order valence-electron chi connectivity index (χ1n) is 10.8. The minimum absolute atomic E-state index is 0.107. The highest BCUT2D eigenvalue weighted by Crippen LogP contribution is 2.28. The van der Waals surface area contributed by atoms with Crippen LogP contribution in [0.4, 0.5) is 5.69 Å². The third-order valence-corrected chi connectivity index (χ3v) is 6.30. The molecule has 5 nitrogen and oxygen atoms in total. The van der Waals surface area contributed by atoms with Gasteiger partial charge in [-0.25, -0.2) is 4.98 Å². The van der Waals surface area contributed by atoms with Crippen LogP contribution in [0.1, 0.15) is 36.6 Å². The van der Waals surface area contributed by atoms with Crippen LogP contribution >= 0.6 is 11.3 Å². The number of thiazole rings is 1. The molecule has 31 heavy (non-hydrogen) atoms. The highest BCUT2D eigenvalue weighted by molar-refractivity contribution is 7.13. The Morgan fingerprint density at radius 2 is 2.10 bits per heavy atom. The van der Waals surface area contributed by atoms with E-state index in [4.69, 9.17) is 9.47 Å². The normalized spacial score (nSPS) is 15.7. The first-order valence-corrected chi connectivity index (χ1v) is 11.7. The van der Waals surface area contributed by atoms with Gasteiger partial charge in [-0.15, -0.1) is 11.3 Å². The molecule has 1 saturated heterocycles. The predicted octanol–water partition coefficient (Wildman–Crippen LogP) is 5.42. The number of nitrogens with zero attached hydrogens (tertiary/aromatic N) is 1. The van der Waals surface area contributed by atoms with Crippen molar-refractivity contribution in [1.29, 1.82) is 0 Å². The zero-order valence-corrected chi connectivity index (χ0v) is 18.8. The van der Waals surface area contributed by atoms with E-state index in [-0.39, 0.29) is 18.4 Å². The Kier molecular flexibility index (Phi) is 6.99. The van der Waals surface area contributed by atoms with E-state index in [1.165, 1.54) is 5.56 Å². The number of carbonyl (C=O) groups excluding carboxylic acids is 1. The predicted molar refractivity (Wildman–Crippen MR) is 125 cm³/mol. The summed E-state index contributed by atoms with van der Waals surface area (Å²) in [7, 11) is 0. The third-order valence-electron chi connectivity index (χ3n) is 5.36. The Bertz CT molecular complexity index is 1020. The molecule has 1 aliphatic rings. The van der Waals surface area contributed by atoms with E-state index in [0.29, 0.717) is 18.0 Å². The first-order chi connectivity index (χ1) is 15.1. The summed E-state index contributed by atoms with van der Waals surface area (Å²) >= 11 is 1.56. The number of benzene rings is 2. The molecule has 2 heterocycles. The van der Waals surface area contributed by atoms with Gasteiger partial charge in [0.15, 0.2) is 0 Å². The van der Waals surface area contributed by atoms with Gasteiger partial charge in [0.2, 0.25) is 5.91 Å². The second-order valence-electron chi connectivity index (χ2n) is 7.87. The summed E-state index contributed by atoms with van der Waals surface area (Å²) in [5.41, 5.74) is 4.91. The molecule has 0 saturated carbocycles. The molecule has 2 aromatic carbocycles. The minimum atomic E-state index is -0.107. The van der Waals surface area contributed by atoms with Gasteiger partial charge in [-0.2, -0.15) is 0 Å². The summed E-state index contributed by atoms with van der Waals surface area (Å²) in [6.07, 6.45) is 3.46. The van der Waals surface area contributed by atoms with E-state index in [1.807, 2.05) is 30.5 Å². The largest absolute Gasteiger partial charge is 0.489 e. The SMILES string of the molecule is CCc1ccc(-c2nc(CC(=O)Nc3ccc(C)cc3OCC3CCCO3)cs2)cc1. The van der Waals surface area contributed by atoms with Gasteiger partial charge in [-0.05, 0) is 49.4 Å². The molecule has 4 rings (SSSR count). The van der Waals surface area contributed by atoms with Crippen LogP contribution < -0.4 is 10.1 Å². The maximum absolute atomic E-state index is 12.7. The highest BCUT2D eigenvalue weighted by Gasteiger charge is 2.18. The zero-order valence-electron chi connectivity index (χ0n) is 18.0. The summed E-state index contributed by atoms with van der Waals surface area (Å²) in [5.74, 6) is 0.572. The lowest BCUT2D eigenvalue weighted by molar-refractivity contribution is -0.115. The van der Waals surface area contributed by atoms with Crippen molar-refractivity contribution in [3.8, 4) is 16.3 Å². The molecule has 0 spiro atoms. The Morgan fingerprint density at radius 3 is 2.84 bits per heavy atom. The number of amides is 1. The summed E-state index contributed by atoms with van der Waals surface area (Å²) in [4.78, 5) is 17.3. The van der Waals surface area contributed by atoms with Crippen molar-refractivity contribution in [1.82, 2.24) is 4.98 Å². The molecule has 162 valence electrons. The van der Waals surface area contributed by atoms with E-state index in [9.17, 15) is 4.79 Å². The Morgan fingerprint density at radius 1 is 1.26 bits per heavy atom. The third kappa shape index (κ3) is 5.71. The Balaban J connectivity index is 1.39. The molecule has 1 amide bonds. The average Bonchev–Trinajstić information content (AvgIpc) is 3.46. The fourth-order valence-corrected chi connectivity index (χ4v) is 4.40. The molecule has 1 aliphatic heterocycles. The minimum Gasteiger partial charge on any atom is -0.489 e. The summed E-state index contributed by atoms with van der Waals surface area (Å²) in [5, 5.41) is 5.87. The monoisotopic (exact) mass is 436 g/mol. The molecule has 3 aromatic rings. The fraction of sp³-hybridized carbons (Fsp3) is 0.360. The maximum Gasteiger partial charge on any atom is 0.230 e. The second kappa shape index (κ2) is 10.1. The highest BCUT2D eigenvalue weighted by atomic mass is 32.1. The molecular weight excluding hydrogens is 408 g/mol. The van der Waals surface area contributed by atoms with Crippen LogP contribution in [0.5, 0.6) is 5.75 Å². The number of nitrogens with one attached hydrogen (secondary N) is 1. The summed E-state index contributed by atoms with van der Waals surface area (Å²) in [6, 6.07) is 14.2. The van der Waals surface area contributed by atoms with E-state index in [1.54, 1.807) is 11.3 Å². The topological polar surface area (TPSA) is 60.5 Å². The van der Waals surface area contributed by atoms with E-state index < -0.39 is 0 Å². The number of ether oxygens (including phenoxy) is 2. The van der Waals surface area contributed by atoms with Gasteiger partial charge < -0.3 is 14.8 Å². The first kappa shape index (κ1) is 21.5. The smallest absolute Gasteiger partial charge is 0.230 e. The maximum atomic E-state index is 12.7. The van der Waals surface area contributed by atoms with Gasteiger partial charge in [0, 0.05) is 17.6 Å². The molecule has 1 aromatic heterocycles. The van der Waals surface area contributed by atoms with Gasteiger partial charge in [-0.3, -0.25) is 4.79 Å². The van der Waals surface area contributed by atoms with E-state index >= 15 is 0 Å². The van der Waals surface area contributed by atoms with Gasteiger partial charge >= 0.3 is 0 Å². The summed E-state index contributed by atoms with van der Waals surface area (Å²) in [6.45, 7) is 5.44. The van der Waals surface area contributed by atoms with Crippen molar-refractivity contribution in [3.63, 3.8) is 0 Å². The Labute approximate surface area is 187 Å². The van der Waals surface area contributed by atoms with Crippen LogP contribution in [-0.4, -0.2) is 30.2 Å². The lowest BCUT2D eigenvalue weighted by atomic mass is 10.1. The number of hydrogen-bond donors (Lipinski definition) is 1. The Hall–Kier alpha value is -2.70. The van der Waals surface area contributed by atoms with Crippen molar-refractivity contribution < 1.29 is 14.3 Å². The molecule has 0 radical (unpaired) electrons. The fourth-order valence-electron chi connectivity index (χ4n) is 3.57. The molecule has 0 aliphatic carbocycles. The van der Waals surface area contributed by atoms with E-state index in [2.05, 4.69) is 41.5 Å². The number of aryl methyl sites for hydroxylation is 2. The molecule has 6 heteroatoms. The molecule has 1 atom stereocenters. The summed E-state index contributed by atoms with van der Waals surface area (Å²) < 4.78 is 11.6. The number of aromatic nitrogens is 1. The van der Waals surface area contributed by atoms with Crippen molar-refractivity contribution in [2.45, 2.75) is 45.6 Å². The number of anilines is 1. The lowest BCUT2D eigenvalue weighted by Gasteiger charge is -2.16. The van der Waals surface area contributed by atoms with Crippen molar-refractivity contribution in [2.75, 3.05) is 18.5 Å². The lowest BCUT2D eigenvalue weighted by Crippen LogP contribution is -2.19. The van der Waals surface area contributed by atoms with Crippen LogP contribution in [-0.2, 0) is 22.4 Å². The average molecular weight is 437 g/mol. The molecule has 1 fully saturated rings. The molecular formula is C25H28N2O3S. The van der Waals surface area contributed by atoms with Crippen LogP contribution in [0.3, 0.4) is 0 Å². The number of rotatable bonds is 8. The van der Waals surface area contributed by atoms with Crippen LogP contribution in [0.2, 0.25) is 0 Å². The van der Waals surface area contributed by atoms with Crippen LogP contribution in [0.15, 0.2) is 47.8 Å². The van der Waals surface area contributed by atoms with E-state index in [0.717, 1.165) is 47.7 Å². The van der Waals surface area contributed by atoms with Crippen LogP contribution in [0.25, 0.3) is 10.6 Å². The number of hydrogen-bond acceptors (Lipinski definition) is 5. The standard InChI is InChI=1S/C25H28N2O3S/c1-3-18-7-9-19(10-8-18)25-26-20(16-31-25)14-24(28)27-22-11-6-17(2)13-23(22)30-15-21-5-4-12-29-21/h6-11,13,16,21H,3-5,12,14-15H2,1-2H3,(H,27,28). The number of carbonyl (C=O) groups is 1. The molecule has 0 bridgehead atoms. The van der Waals surface area contributed by atoms with Gasteiger partial charge in [-0.1, -0.05) is 37.3 Å². The van der Waals surface area contributed by atoms with Crippen molar-refractivity contribution in [3.05, 3.63) is 64.7 Å². The molecule has 1 N–H and O–H groups in total. The quantitative estimate of drug-likeness (QED) is 0.512. The molecule has 1 unspecified atom stereocenters. The second-order valence-corrected chi connectivity index (χ2v) is 8.72. The van der Waals surface area contributed by atoms with Gasteiger partial charge in [0.1, 0.15) is 17.4 Å². The van der Waals surface area contributed by atoms with Gasteiger partial charge in [0.05, 0.1) is 23.9 Å². The van der Waals surface area contributed by atoms with Crippen LogP contribution in [0, 0.1) is 6.92 Å². The van der Waals surface area contributed by atoms with Gasteiger partial charge in [0.25, 0.3) is 0 Å². The van der Waals surface area contributed by atoms with Crippen molar-refractivity contribution in [2.24, 2.45) is 0 Å².